The molecule has 6 heteroatoms. The lowest BCUT2D eigenvalue weighted by atomic mass is 10.3. The average molecular weight is 461 g/mol. The zero-order valence-corrected chi connectivity index (χ0v) is 16.2. The van der Waals surface area contributed by atoms with Crippen LogP contribution in [0.5, 0.6) is 0 Å². The van der Waals surface area contributed by atoms with E-state index < -0.39 is 0 Å². The zero-order chi connectivity index (χ0) is 16.4. The van der Waals surface area contributed by atoms with Crippen LogP contribution in [0.3, 0.4) is 0 Å². The Labute approximate surface area is 161 Å². The molecule has 4 rings (SSSR count). The Kier molecular flexibility index (Phi) is 4.59. The van der Waals surface area contributed by atoms with Crippen molar-refractivity contribution in [1.29, 1.82) is 0 Å². The van der Waals surface area contributed by atoms with Gasteiger partial charge in [0.2, 0.25) is 0 Å². The zero-order valence-electron chi connectivity index (χ0n) is 12.4. The topological polar surface area (TPSA) is 37.8 Å². The highest BCUT2D eigenvalue weighted by Gasteiger charge is 2.09. The summed E-state index contributed by atoms with van der Waals surface area (Å²) in [5, 5.41) is 6.34. The Balaban J connectivity index is 1.55. The molecule has 0 atom stereocenters. The van der Waals surface area contributed by atoms with E-state index in [0.29, 0.717) is 0 Å². The van der Waals surface area contributed by atoms with E-state index in [2.05, 4.69) is 74.7 Å². The van der Waals surface area contributed by atoms with Crippen LogP contribution in [0.4, 0.5) is 10.8 Å². The van der Waals surface area contributed by atoms with Gasteiger partial charge in [-0.1, -0.05) is 6.07 Å². The lowest BCUT2D eigenvalue weighted by molar-refractivity contribution is 1.34. The van der Waals surface area contributed by atoms with Crippen LogP contribution in [0, 0.1) is 3.57 Å². The Morgan fingerprint density at radius 1 is 0.875 bits per heavy atom. The van der Waals surface area contributed by atoms with Crippen LogP contribution in [-0.4, -0.2) is 9.97 Å². The minimum Gasteiger partial charge on any atom is -0.332 e. The summed E-state index contributed by atoms with van der Waals surface area (Å²) in [6.07, 6.45) is 1.82. The highest BCUT2D eigenvalue weighted by atomic mass is 127. The normalized spacial score (nSPS) is 10.7. The second-order valence-corrected chi connectivity index (χ2v) is 8.24. The highest BCUT2D eigenvalue weighted by Crippen LogP contribution is 2.35. The molecule has 0 fully saturated rings. The number of nitrogens with one attached hydrogen (secondary N) is 1. The van der Waals surface area contributed by atoms with Gasteiger partial charge in [0, 0.05) is 20.8 Å². The number of hydrogen-bond acceptors (Lipinski definition) is 5. The molecule has 0 unspecified atom stereocenters. The van der Waals surface area contributed by atoms with Crippen LogP contribution in [0.2, 0.25) is 0 Å². The maximum atomic E-state index is 4.70. The third-order valence-electron chi connectivity index (χ3n) is 3.38. The van der Waals surface area contributed by atoms with Gasteiger partial charge in [-0.2, -0.15) is 0 Å². The highest BCUT2D eigenvalue weighted by molar-refractivity contribution is 14.1. The molecule has 0 aliphatic rings. The molecule has 0 aliphatic heterocycles. The summed E-state index contributed by atoms with van der Waals surface area (Å²) in [6, 6.07) is 18.5. The van der Waals surface area contributed by atoms with Gasteiger partial charge in [0.25, 0.3) is 0 Å². The Morgan fingerprint density at radius 2 is 1.67 bits per heavy atom. The molecule has 1 N–H and O–H groups in total. The summed E-state index contributed by atoms with van der Waals surface area (Å²) in [7, 11) is 0. The first kappa shape index (κ1) is 15.7. The summed E-state index contributed by atoms with van der Waals surface area (Å²) in [4.78, 5) is 11.4. The first-order chi connectivity index (χ1) is 11.8. The van der Waals surface area contributed by atoms with Gasteiger partial charge in [-0.15, -0.1) is 22.7 Å². The standard InChI is InChI=1S/C18H12IN3S2/c19-12-4-6-13(7-5-12)21-18-22-15(11-23-18)17-9-8-16(24-17)14-3-1-2-10-20-14/h1-11H,(H,21,22). The van der Waals surface area contributed by atoms with Crippen molar-refractivity contribution >= 4 is 56.1 Å². The number of benzene rings is 1. The summed E-state index contributed by atoms with van der Waals surface area (Å²) in [5.41, 5.74) is 3.05. The van der Waals surface area contributed by atoms with Gasteiger partial charge in [0.05, 0.1) is 21.1 Å². The molecule has 3 aromatic heterocycles. The third-order valence-corrected chi connectivity index (χ3v) is 5.98. The van der Waals surface area contributed by atoms with Crippen molar-refractivity contribution in [3.8, 4) is 21.1 Å². The molecule has 4 aromatic rings. The fraction of sp³-hybridized carbons (Fsp3) is 0. The quantitative estimate of drug-likeness (QED) is 0.364. The Bertz CT molecular complexity index is 946. The van der Waals surface area contributed by atoms with Crippen LogP contribution in [0.25, 0.3) is 21.1 Å². The lowest BCUT2D eigenvalue weighted by Crippen LogP contribution is -1.89. The number of thiazole rings is 1. The molecule has 0 saturated heterocycles. The van der Waals surface area contributed by atoms with Crippen molar-refractivity contribution in [2.45, 2.75) is 0 Å². The third kappa shape index (κ3) is 3.50. The number of nitrogens with zero attached hydrogens (tertiary/aromatic N) is 2. The largest absolute Gasteiger partial charge is 0.332 e. The van der Waals surface area contributed by atoms with Gasteiger partial charge in [-0.25, -0.2) is 4.98 Å². The van der Waals surface area contributed by atoms with Crippen LogP contribution < -0.4 is 5.32 Å². The lowest BCUT2D eigenvalue weighted by Gasteiger charge is -2.01. The van der Waals surface area contributed by atoms with Crippen molar-refractivity contribution in [3.05, 3.63) is 69.7 Å². The van der Waals surface area contributed by atoms with E-state index in [1.165, 1.54) is 3.57 Å². The molecule has 24 heavy (non-hydrogen) atoms. The SMILES string of the molecule is Ic1ccc(Nc2nc(-c3ccc(-c4ccccn4)s3)cs2)cc1. The van der Waals surface area contributed by atoms with Crippen molar-refractivity contribution in [1.82, 2.24) is 9.97 Å². The van der Waals surface area contributed by atoms with E-state index in [-0.39, 0.29) is 0 Å². The number of rotatable bonds is 4. The number of hydrogen-bond donors (Lipinski definition) is 1. The van der Waals surface area contributed by atoms with E-state index in [0.717, 1.165) is 32.0 Å². The van der Waals surface area contributed by atoms with Crippen LogP contribution in [0.1, 0.15) is 0 Å². The van der Waals surface area contributed by atoms with E-state index in [1.54, 1.807) is 22.7 Å². The maximum Gasteiger partial charge on any atom is 0.187 e. The molecule has 1 aromatic carbocycles. The van der Waals surface area contributed by atoms with E-state index >= 15 is 0 Å². The summed E-state index contributed by atoms with van der Waals surface area (Å²) >= 11 is 5.63. The number of aromatic nitrogens is 2. The summed E-state index contributed by atoms with van der Waals surface area (Å²) in [6.45, 7) is 0. The van der Waals surface area contributed by atoms with Gasteiger partial charge >= 0.3 is 0 Å². The molecule has 0 amide bonds. The second-order valence-electron chi connectivity index (χ2n) is 5.05. The first-order valence-corrected chi connectivity index (χ1v) is 10.1. The number of anilines is 2. The molecule has 3 heterocycles. The van der Waals surface area contributed by atoms with Crippen molar-refractivity contribution in [2.24, 2.45) is 0 Å². The predicted octanol–water partition coefficient (Wildman–Crippen LogP) is 6.28. The predicted molar refractivity (Wildman–Crippen MR) is 111 cm³/mol. The molecule has 0 radical (unpaired) electrons. The molecular weight excluding hydrogens is 449 g/mol. The molecule has 0 saturated carbocycles. The fourth-order valence-corrected chi connectivity index (χ4v) is 4.33. The Morgan fingerprint density at radius 3 is 2.42 bits per heavy atom. The smallest absolute Gasteiger partial charge is 0.187 e. The molecule has 118 valence electrons. The molecule has 3 nitrogen and oxygen atoms in total. The van der Waals surface area contributed by atoms with Gasteiger partial charge in [-0.3, -0.25) is 4.98 Å². The molecule has 0 bridgehead atoms. The van der Waals surface area contributed by atoms with Gasteiger partial charge in [0.15, 0.2) is 5.13 Å². The van der Waals surface area contributed by atoms with E-state index in [1.807, 2.05) is 24.4 Å². The molecule has 0 aliphatic carbocycles. The minimum atomic E-state index is 0.902. The van der Waals surface area contributed by atoms with Crippen LogP contribution in [0.15, 0.2) is 66.2 Å². The van der Waals surface area contributed by atoms with E-state index in [9.17, 15) is 0 Å². The second kappa shape index (κ2) is 7.00. The number of halogens is 1. The van der Waals surface area contributed by atoms with E-state index in [4.69, 9.17) is 4.98 Å². The van der Waals surface area contributed by atoms with Crippen molar-refractivity contribution < 1.29 is 0 Å². The molecule has 0 spiro atoms. The first-order valence-electron chi connectivity index (χ1n) is 7.28. The molecular formula is C18H12IN3S2. The van der Waals surface area contributed by atoms with Crippen molar-refractivity contribution in [2.75, 3.05) is 5.32 Å². The fourth-order valence-electron chi connectivity index (χ4n) is 2.22. The van der Waals surface area contributed by atoms with Crippen LogP contribution >= 0.6 is 45.3 Å². The Hall–Kier alpha value is -1.77. The maximum absolute atomic E-state index is 4.70. The summed E-state index contributed by atoms with van der Waals surface area (Å²) in [5.74, 6) is 0. The summed E-state index contributed by atoms with van der Waals surface area (Å²) < 4.78 is 1.22. The van der Waals surface area contributed by atoms with Crippen molar-refractivity contribution in [3.63, 3.8) is 0 Å². The van der Waals surface area contributed by atoms with Crippen LogP contribution in [-0.2, 0) is 0 Å². The monoisotopic (exact) mass is 461 g/mol. The minimum absolute atomic E-state index is 0.902. The van der Waals surface area contributed by atoms with Gasteiger partial charge in [-0.05, 0) is 71.1 Å². The number of thiophene rings is 1. The van der Waals surface area contributed by atoms with Gasteiger partial charge < -0.3 is 5.32 Å². The number of pyridine rings is 1. The van der Waals surface area contributed by atoms with Gasteiger partial charge in [0.1, 0.15) is 0 Å². The average Bonchev–Trinajstić information content (AvgIpc) is 3.27.